The maximum atomic E-state index is 13.6. The number of nitrogens with two attached hydrogens (primary N) is 1. The largest absolute Gasteiger partial charge is 0.416 e. The van der Waals surface area contributed by atoms with Gasteiger partial charge in [0.15, 0.2) is 0 Å². The molecule has 19 heavy (non-hydrogen) atoms. The van der Waals surface area contributed by atoms with Crippen LogP contribution in [-0.2, 0) is 6.18 Å². The predicted molar refractivity (Wildman–Crippen MR) is 69.0 cm³/mol. The Morgan fingerprint density at radius 2 is 1.84 bits per heavy atom. The van der Waals surface area contributed by atoms with Crippen LogP contribution in [0.4, 0.5) is 17.6 Å². The number of alkyl halides is 3. The topological polar surface area (TPSA) is 26.0 Å². The lowest BCUT2D eigenvalue weighted by Crippen LogP contribution is -2.19. The van der Waals surface area contributed by atoms with Gasteiger partial charge in [0.2, 0.25) is 0 Å². The monoisotopic (exact) mass is 311 g/mol. The number of thiophene rings is 1. The second-order valence-electron chi connectivity index (χ2n) is 3.73. The fraction of sp³-hybridized carbons (Fsp3) is 0.167. The van der Waals surface area contributed by atoms with Crippen molar-refractivity contribution in [2.24, 2.45) is 5.73 Å². The molecule has 0 bridgehead atoms. The van der Waals surface area contributed by atoms with E-state index in [9.17, 15) is 17.6 Å². The van der Waals surface area contributed by atoms with Gasteiger partial charge in [-0.05, 0) is 34.5 Å². The van der Waals surface area contributed by atoms with E-state index in [1.807, 2.05) is 0 Å². The molecule has 2 rings (SSSR count). The summed E-state index contributed by atoms with van der Waals surface area (Å²) in [5.74, 6) is -0.941. The molecular weight excluding hydrogens is 302 g/mol. The van der Waals surface area contributed by atoms with Crippen LogP contribution in [0.5, 0.6) is 0 Å². The molecule has 1 aromatic carbocycles. The van der Waals surface area contributed by atoms with Crippen molar-refractivity contribution in [2.75, 3.05) is 0 Å². The highest BCUT2D eigenvalue weighted by molar-refractivity contribution is 7.08. The molecule has 7 heteroatoms. The molecule has 0 radical (unpaired) electrons. The normalized spacial score (nSPS) is 12.9. The Bertz CT molecular complexity index is 539. The zero-order valence-electron chi connectivity index (χ0n) is 9.45. The standard InChI is InChI=1S/C12H9F4NS.ClH/c13-9-3-1-2-8(12(14,15)16)10(9)11(17)7-4-5-18-6-7;/h1-6,11H,17H2;1H/t11-;/m1./s1. The Morgan fingerprint density at radius 1 is 1.16 bits per heavy atom. The van der Waals surface area contributed by atoms with Gasteiger partial charge in [-0.15, -0.1) is 12.4 Å². The smallest absolute Gasteiger partial charge is 0.320 e. The fourth-order valence-corrected chi connectivity index (χ4v) is 2.42. The molecule has 2 aromatic rings. The van der Waals surface area contributed by atoms with Crippen LogP contribution in [0.15, 0.2) is 35.0 Å². The first-order chi connectivity index (χ1) is 8.41. The van der Waals surface area contributed by atoms with Crippen LogP contribution in [0.25, 0.3) is 0 Å². The molecular formula is C12H10ClF4NS. The van der Waals surface area contributed by atoms with Crippen LogP contribution >= 0.6 is 23.7 Å². The summed E-state index contributed by atoms with van der Waals surface area (Å²) in [6.45, 7) is 0. The van der Waals surface area contributed by atoms with Gasteiger partial charge in [0.05, 0.1) is 11.6 Å². The van der Waals surface area contributed by atoms with E-state index in [-0.39, 0.29) is 12.4 Å². The van der Waals surface area contributed by atoms with Crippen LogP contribution in [0.3, 0.4) is 0 Å². The third-order valence-electron chi connectivity index (χ3n) is 2.57. The van der Waals surface area contributed by atoms with Gasteiger partial charge in [-0.25, -0.2) is 4.39 Å². The first-order valence-corrected chi connectivity index (χ1v) is 5.99. The van der Waals surface area contributed by atoms with E-state index in [1.165, 1.54) is 11.3 Å². The molecule has 1 aromatic heterocycles. The summed E-state index contributed by atoms with van der Waals surface area (Å²) in [5, 5.41) is 3.29. The third-order valence-corrected chi connectivity index (χ3v) is 3.27. The van der Waals surface area contributed by atoms with E-state index in [4.69, 9.17) is 5.73 Å². The van der Waals surface area contributed by atoms with E-state index >= 15 is 0 Å². The SMILES string of the molecule is Cl.N[C@H](c1ccsc1)c1c(F)cccc1C(F)(F)F. The average molecular weight is 312 g/mol. The van der Waals surface area contributed by atoms with Crippen LogP contribution in [-0.4, -0.2) is 0 Å². The highest BCUT2D eigenvalue weighted by Crippen LogP contribution is 2.37. The van der Waals surface area contributed by atoms with Gasteiger partial charge < -0.3 is 5.73 Å². The number of rotatable bonds is 2. The molecule has 0 saturated heterocycles. The summed E-state index contributed by atoms with van der Waals surface area (Å²) in [6, 6.07) is 3.32. The van der Waals surface area contributed by atoms with Crippen LogP contribution in [0.1, 0.15) is 22.7 Å². The summed E-state index contributed by atoms with van der Waals surface area (Å²) in [6.07, 6.45) is -4.62. The van der Waals surface area contributed by atoms with Gasteiger partial charge in [-0.3, -0.25) is 0 Å². The molecule has 0 fully saturated rings. The van der Waals surface area contributed by atoms with Gasteiger partial charge >= 0.3 is 6.18 Å². The Morgan fingerprint density at radius 3 is 2.37 bits per heavy atom. The molecule has 2 N–H and O–H groups in total. The molecule has 0 spiro atoms. The lowest BCUT2D eigenvalue weighted by molar-refractivity contribution is -0.138. The van der Waals surface area contributed by atoms with Crippen molar-refractivity contribution in [1.29, 1.82) is 0 Å². The summed E-state index contributed by atoms with van der Waals surface area (Å²) in [5.41, 5.74) is 4.66. The lowest BCUT2D eigenvalue weighted by Gasteiger charge is -2.18. The molecule has 0 amide bonds. The molecule has 104 valence electrons. The number of hydrogen-bond donors (Lipinski definition) is 1. The maximum Gasteiger partial charge on any atom is 0.416 e. The Kier molecular flexibility index (Phi) is 4.95. The molecule has 0 aliphatic rings. The summed E-state index contributed by atoms with van der Waals surface area (Å²) in [7, 11) is 0. The van der Waals surface area contributed by atoms with Crippen molar-refractivity contribution in [3.8, 4) is 0 Å². The average Bonchev–Trinajstić information content (AvgIpc) is 2.80. The lowest BCUT2D eigenvalue weighted by atomic mass is 9.96. The van der Waals surface area contributed by atoms with Crippen molar-refractivity contribution in [3.63, 3.8) is 0 Å². The summed E-state index contributed by atoms with van der Waals surface area (Å²) < 4.78 is 52.1. The Balaban J connectivity index is 0.00000180. The summed E-state index contributed by atoms with van der Waals surface area (Å²) in [4.78, 5) is 0. The van der Waals surface area contributed by atoms with E-state index in [0.29, 0.717) is 5.56 Å². The first kappa shape index (κ1) is 15.9. The van der Waals surface area contributed by atoms with E-state index in [0.717, 1.165) is 18.2 Å². The maximum absolute atomic E-state index is 13.6. The molecule has 1 heterocycles. The molecule has 0 aliphatic heterocycles. The van der Waals surface area contributed by atoms with Crippen LogP contribution < -0.4 is 5.73 Å². The molecule has 0 saturated carbocycles. The zero-order chi connectivity index (χ0) is 13.3. The van der Waals surface area contributed by atoms with Crippen molar-refractivity contribution in [3.05, 3.63) is 57.5 Å². The Hall–Kier alpha value is -1.11. The fourth-order valence-electron chi connectivity index (χ4n) is 1.72. The van der Waals surface area contributed by atoms with Gasteiger partial charge in [-0.1, -0.05) is 6.07 Å². The third kappa shape index (κ3) is 3.26. The second-order valence-corrected chi connectivity index (χ2v) is 4.51. The van der Waals surface area contributed by atoms with E-state index in [2.05, 4.69) is 0 Å². The van der Waals surface area contributed by atoms with Gasteiger partial charge in [0.25, 0.3) is 0 Å². The zero-order valence-corrected chi connectivity index (χ0v) is 11.1. The van der Waals surface area contributed by atoms with Gasteiger partial charge in [0.1, 0.15) is 5.82 Å². The quantitative estimate of drug-likeness (QED) is 0.819. The first-order valence-electron chi connectivity index (χ1n) is 5.04. The van der Waals surface area contributed by atoms with Gasteiger partial charge in [-0.2, -0.15) is 24.5 Å². The van der Waals surface area contributed by atoms with Crippen LogP contribution in [0, 0.1) is 5.82 Å². The van der Waals surface area contributed by atoms with Crippen molar-refractivity contribution in [2.45, 2.75) is 12.2 Å². The molecule has 1 nitrogen and oxygen atoms in total. The van der Waals surface area contributed by atoms with Crippen LogP contribution in [0.2, 0.25) is 0 Å². The number of benzene rings is 1. The van der Waals surface area contributed by atoms with E-state index < -0.39 is 29.2 Å². The minimum Gasteiger partial charge on any atom is -0.320 e. The number of hydrogen-bond acceptors (Lipinski definition) is 2. The molecule has 1 atom stereocenters. The highest BCUT2D eigenvalue weighted by Gasteiger charge is 2.36. The second kappa shape index (κ2) is 5.90. The minimum absolute atomic E-state index is 0. The summed E-state index contributed by atoms with van der Waals surface area (Å²) >= 11 is 1.30. The number of halogens is 5. The molecule has 0 unspecified atom stereocenters. The minimum atomic E-state index is -4.62. The van der Waals surface area contributed by atoms with Crippen molar-refractivity contribution < 1.29 is 17.6 Å². The van der Waals surface area contributed by atoms with E-state index in [1.54, 1.807) is 16.8 Å². The molecule has 0 aliphatic carbocycles. The van der Waals surface area contributed by atoms with Crippen molar-refractivity contribution in [1.82, 2.24) is 0 Å². The van der Waals surface area contributed by atoms with Crippen molar-refractivity contribution >= 4 is 23.7 Å². The predicted octanol–water partition coefficient (Wildman–Crippen LogP) is 4.38. The Labute approximate surface area is 117 Å². The van der Waals surface area contributed by atoms with Gasteiger partial charge in [0, 0.05) is 5.56 Å². The highest BCUT2D eigenvalue weighted by atomic mass is 35.5.